The molecule has 0 aliphatic carbocycles. The first-order chi connectivity index (χ1) is 9.76. The first kappa shape index (κ1) is 15.1. The lowest BCUT2D eigenvalue weighted by Crippen LogP contribution is -2.39. The average Bonchev–Trinajstić information content (AvgIpc) is 2.86. The van der Waals surface area contributed by atoms with E-state index in [1.165, 1.54) is 27.9 Å². The maximum absolute atomic E-state index is 12.9. The third-order valence-corrected chi connectivity index (χ3v) is 2.77. The fourth-order valence-corrected chi connectivity index (χ4v) is 1.93. The van der Waals surface area contributed by atoms with Gasteiger partial charge in [-0.1, -0.05) is 5.21 Å². The van der Waals surface area contributed by atoms with Crippen molar-refractivity contribution < 1.29 is 14.3 Å². The van der Waals surface area contributed by atoms with Gasteiger partial charge in [-0.05, 0) is 38.1 Å². The van der Waals surface area contributed by atoms with Crippen LogP contribution >= 0.6 is 0 Å². The lowest BCUT2D eigenvalue weighted by molar-refractivity contribution is 0.0365. The van der Waals surface area contributed by atoms with E-state index in [0.717, 1.165) is 0 Å². The summed E-state index contributed by atoms with van der Waals surface area (Å²) in [6.45, 7) is 3.41. The van der Waals surface area contributed by atoms with Crippen molar-refractivity contribution in [1.29, 1.82) is 0 Å². The Bertz CT molecular complexity index is 631. The number of benzene rings is 1. The molecule has 0 bridgehead atoms. The Morgan fingerprint density at radius 2 is 2.00 bits per heavy atom. The van der Waals surface area contributed by atoms with E-state index in [1.54, 1.807) is 33.0 Å². The monoisotopic (exact) mass is 292 g/mol. The quantitative estimate of drug-likeness (QED) is 0.920. The van der Waals surface area contributed by atoms with Gasteiger partial charge in [0.1, 0.15) is 5.82 Å². The molecule has 0 atom stereocenters. The molecule has 2 aromatic rings. The van der Waals surface area contributed by atoms with Gasteiger partial charge in [-0.15, -0.1) is 5.10 Å². The molecule has 21 heavy (non-hydrogen) atoms. The van der Waals surface area contributed by atoms with Crippen molar-refractivity contribution in [3.05, 3.63) is 42.0 Å². The molecule has 0 aliphatic heterocycles. The summed E-state index contributed by atoms with van der Waals surface area (Å²) in [7, 11) is 1.58. The Balaban J connectivity index is 2.16. The van der Waals surface area contributed by atoms with Crippen LogP contribution in [0.2, 0.25) is 0 Å². The smallest absolute Gasteiger partial charge is 0.275 e. The third kappa shape index (κ3) is 3.85. The Morgan fingerprint density at radius 1 is 1.38 bits per heavy atom. The first-order valence-electron chi connectivity index (χ1n) is 6.42. The van der Waals surface area contributed by atoms with Gasteiger partial charge in [0, 0.05) is 13.6 Å². The summed E-state index contributed by atoms with van der Waals surface area (Å²) in [5.41, 5.74) is -0.226. The fourth-order valence-electron chi connectivity index (χ4n) is 1.93. The minimum Gasteiger partial charge on any atom is -0.389 e. The van der Waals surface area contributed by atoms with Crippen molar-refractivity contribution >= 4 is 5.91 Å². The second-order valence-corrected chi connectivity index (χ2v) is 5.50. The normalized spacial score (nSPS) is 11.5. The summed E-state index contributed by atoms with van der Waals surface area (Å²) < 4.78 is 14.3. The van der Waals surface area contributed by atoms with Crippen LogP contribution in [0.5, 0.6) is 0 Å². The minimum atomic E-state index is -0.989. The molecular formula is C14H17FN4O2. The maximum atomic E-state index is 12.9. The van der Waals surface area contributed by atoms with E-state index in [-0.39, 0.29) is 24.0 Å². The molecule has 0 radical (unpaired) electrons. The number of halogens is 1. The summed E-state index contributed by atoms with van der Waals surface area (Å²) in [5, 5.41) is 17.4. The van der Waals surface area contributed by atoms with Crippen LogP contribution in [0.15, 0.2) is 30.5 Å². The van der Waals surface area contributed by atoms with Crippen LogP contribution in [0, 0.1) is 5.82 Å². The number of rotatable bonds is 4. The van der Waals surface area contributed by atoms with Crippen molar-refractivity contribution in [3.8, 4) is 5.69 Å². The van der Waals surface area contributed by atoms with Gasteiger partial charge in [-0.25, -0.2) is 9.07 Å². The van der Waals surface area contributed by atoms with E-state index in [4.69, 9.17) is 0 Å². The van der Waals surface area contributed by atoms with Gasteiger partial charge in [0.05, 0.1) is 17.5 Å². The number of aromatic nitrogens is 3. The van der Waals surface area contributed by atoms with Crippen molar-refractivity contribution in [2.45, 2.75) is 19.4 Å². The molecule has 0 saturated heterocycles. The van der Waals surface area contributed by atoms with Gasteiger partial charge in [0.2, 0.25) is 0 Å². The Kier molecular flexibility index (Phi) is 4.04. The molecule has 112 valence electrons. The Labute approximate surface area is 121 Å². The van der Waals surface area contributed by atoms with Crippen molar-refractivity contribution in [2.75, 3.05) is 13.6 Å². The molecule has 0 spiro atoms. The maximum Gasteiger partial charge on any atom is 0.275 e. The summed E-state index contributed by atoms with van der Waals surface area (Å²) in [5.74, 6) is -0.689. The van der Waals surface area contributed by atoms with Crippen molar-refractivity contribution in [3.63, 3.8) is 0 Å². The third-order valence-electron chi connectivity index (χ3n) is 2.77. The van der Waals surface area contributed by atoms with Crippen LogP contribution in [-0.4, -0.2) is 50.1 Å². The highest BCUT2D eigenvalue weighted by atomic mass is 19.1. The minimum absolute atomic E-state index is 0.158. The van der Waals surface area contributed by atoms with E-state index < -0.39 is 5.60 Å². The number of likely N-dealkylation sites (N-methyl/N-ethyl adjacent to an activating group) is 1. The van der Waals surface area contributed by atoms with E-state index in [2.05, 4.69) is 10.3 Å². The van der Waals surface area contributed by atoms with E-state index in [9.17, 15) is 14.3 Å². The number of amides is 1. The molecular weight excluding hydrogens is 275 g/mol. The molecule has 1 N–H and O–H groups in total. The topological polar surface area (TPSA) is 71.2 Å². The van der Waals surface area contributed by atoms with Crippen molar-refractivity contribution in [2.24, 2.45) is 0 Å². The zero-order valence-electron chi connectivity index (χ0n) is 12.1. The van der Waals surface area contributed by atoms with Crippen LogP contribution in [0.25, 0.3) is 5.69 Å². The summed E-state index contributed by atoms with van der Waals surface area (Å²) in [6.07, 6.45) is 1.47. The van der Waals surface area contributed by atoms with Crippen LogP contribution in [0.1, 0.15) is 24.3 Å². The fraction of sp³-hybridized carbons (Fsp3) is 0.357. The van der Waals surface area contributed by atoms with Crippen LogP contribution < -0.4 is 0 Å². The molecule has 6 nitrogen and oxygen atoms in total. The Hall–Kier alpha value is -2.28. The SMILES string of the molecule is CN(CC(C)(C)O)C(=O)c1cn(-c2ccc(F)cc2)nn1. The second-order valence-electron chi connectivity index (χ2n) is 5.50. The van der Waals surface area contributed by atoms with Gasteiger partial charge in [0.25, 0.3) is 5.91 Å². The van der Waals surface area contributed by atoms with Crippen LogP contribution in [0.4, 0.5) is 4.39 Å². The van der Waals surface area contributed by atoms with Crippen LogP contribution in [-0.2, 0) is 0 Å². The predicted molar refractivity (Wildman–Crippen MR) is 74.6 cm³/mol. The number of carbonyl (C=O) groups excluding carboxylic acids is 1. The lowest BCUT2D eigenvalue weighted by atomic mass is 10.1. The van der Waals surface area contributed by atoms with Crippen LogP contribution in [0.3, 0.4) is 0 Å². The molecule has 2 rings (SSSR count). The summed E-state index contributed by atoms with van der Waals surface area (Å²) in [6, 6.07) is 5.69. The molecule has 0 saturated carbocycles. The lowest BCUT2D eigenvalue weighted by Gasteiger charge is -2.24. The molecule has 7 heteroatoms. The molecule has 1 aromatic heterocycles. The second kappa shape index (κ2) is 5.61. The molecule has 0 fully saturated rings. The number of nitrogens with zero attached hydrogens (tertiary/aromatic N) is 4. The van der Waals surface area contributed by atoms with Gasteiger partial charge in [0.15, 0.2) is 5.69 Å². The first-order valence-corrected chi connectivity index (χ1v) is 6.42. The van der Waals surface area contributed by atoms with E-state index >= 15 is 0 Å². The average molecular weight is 292 g/mol. The standard InChI is InChI=1S/C14H17FN4O2/c1-14(2,21)9-18(3)13(20)12-8-19(17-16-12)11-6-4-10(15)5-7-11/h4-8,21H,9H2,1-3H3. The molecule has 1 amide bonds. The zero-order valence-corrected chi connectivity index (χ0v) is 12.1. The zero-order chi connectivity index (χ0) is 15.6. The highest BCUT2D eigenvalue weighted by Crippen LogP contribution is 2.10. The van der Waals surface area contributed by atoms with Crippen molar-refractivity contribution in [1.82, 2.24) is 19.9 Å². The molecule has 0 unspecified atom stereocenters. The van der Waals surface area contributed by atoms with Gasteiger partial charge in [-0.3, -0.25) is 4.79 Å². The molecule has 1 heterocycles. The highest BCUT2D eigenvalue weighted by Gasteiger charge is 2.22. The van der Waals surface area contributed by atoms with Gasteiger partial charge < -0.3 is 10.0 Å². The summed E-state index contributed by atoms with van der Waals surface area (Å²) >= 11 is 0. The number of aliphatic hydroxyl groups is 1. The van der Waals surface area contributed by atoms with Gasteiger partial charge >= 0.3 is 0 Å². The van der Waals surface area contributed by atoms with Gasteiger partial charge in [-0.2, -0.15) is 0 Å². The van der Waals surface area contributed by atoms with E-state index in [1.807, 2.05) is 0 Å². The largest absolute Gasteiger partial charge is 0.389 e. The number of hydrogen-bond donors (Lipinski definition) is 1. The molecule has 1 aromatic carbocycles. The highest BCUT2D eigenvalue weighted by molar-refractivity contribution is 5.91. The van der Waals surface area contributed by atoms with E-state index in [0.29, 0.717) is 5.69 Å². The number of hydrogen-bond acceptors (Lipinski definition) is 4. The number of carbonyl (C=O) groups is 1. The Morgan fingerprint density at radius 3 is 2.57 bits per heavy atom. The summed E-state index contributed by atoms with van der Waals surface area (Å²) in [4.78, 5) is 13.5. The molecule has 0 aliphatic rings. The predicted octanol–water partition coefficient (Wildman–Crippen LogP) is 1.25.